The molecule has 0 radical (unpaired) electrons. The first-order valence-electron chi connectivity index (χ1n) is 46.2. The van der Waals surface area contributed by atoms with Gasteiger partial charge >= 0.3 is 53.7 Å². The number of carbonyl (C=O) groups excluding carboxylic acids is 9. The minimum Gasteiger partial charge on any atom is -0.462 e. The maximum Gasteiger partial charge on any atom is 0.343 e. The van der Waals surface area contributed by atoms with Crippen molar-refractivity contribution < 1.29 is 241 Å². The second-order valence-corrected chi connectivity index (χ2v) is 34.2. The Morgan fingerprint density at radius 3 is 0.547 bits per heavy atom. The van der Waals surface area contributed by atoms with E-state index in [9.17, 15) is 43.2 Å². The molecule has 0 aromatic heterocycles. The van der Waals surface area contributed by atoms with E-state index in [1.165, 1.54) is 22.3 Å². The molecule has 730 valence electrons. The molecular weight excluding hydrogens is 2980 g/mol. The van der Waals surface area contributed by atoms with Crippen LogP contribution < -0.4 is 37.9 Å². The van der Waals surface area contributed by atoms with E-state index in [1.807, 2.05) is 237 Å². The van der Waals surface area contributed by atoms with E-state index < -0.39 is 41.8 Å². The molecule has 23 heteroatoms. The van der Waals surface area contributed by atoms with Gasteiger partial charge in [-0.25, -0.2) is 43.2 Å². The molecule has 18 aromatic carbocycles. The van der Waals surface area contributed by atoms with Crippen LogP contribution in [0, 0.1) is 225 Å². The first-order chi connectivity index (χ1) is 69.0. The Bertz CT molecular complexity index is 7260. The molecule has 0 aliphatic carbocycles. The number of fused-ring (bicyclic) bond motifs is 2. The van der Waals surface area contributed by atoms with E-state index in [-0.39, 0.29) is 174 Å². The second kappa shape index (κ2) is 58.6. The molecule has 18 rings (SSSR count). The van der Waals surface area contributed by atoms with Gasteiger partial charge in [0.2, 0.25) is 0 Å². The fourth-order valence-corrected chi connectivity index (χ4v) is 14.3. The third-order valence-corrected chi connectivity index (χ3v) is 22.6. The number of esters is 9. The van der Waals surface area contributed by atoms with Gasteiger partial charge in [0, 0.05) is 162 Å². The van der Waals surface area contributed by atoms with Gasteiger partial charge in [-0.3, -0.25) is 0 Å². The third kappa shape index (κ3) is 36.2. The van der Waals surface area contributed by atoms with Gasteiger partial charge in [-0.15, -0.1) is 0 Å². The number of aryl methyl sites for hydroxylation is 10. The maximum absolute atomic E-state index is 12.6. The normalized spacial score (nSPS) is 10.1. The van der Waals surface area contributed by atoms with Crippen LogP contribution in [-0.4, -0.2) is 60.3 Å². The molecule has 0 saturated carbocycles. The molecular formula is C125H102O18U5. The smallest absolute Gasteiger partial charge is 0.343 e. The molecule has 18 aromatic rings. The largest absolute Gasteiger partial charge is 0.462 e. The average Bonchev–Trinajstić information content (AvgIpc) is 0.813. The van der Waals surface area contributed by atoms with Crippen molar-refractivity contribution in [3.63, 3.8) is 0 Å². The van der Waals surface area contributed by atoms with Crippen LogP contribution >= 0.6 is 0 Å². The minimum absolute atomic E-state index is 0. The Morgan fingerprint density at radius 1 is 0.155 bits per heavy atom. The number of hydrogen-bond donors (Lipinski definition) is 0. The first kappa shape index (κ1) is 119. The Morgan fingerprint density at radius 2 is 0.304 bits per heavy atom. The van der Waals surface area contributed by atoms with Gasteiger partial charge in [0.05, 0.1) is 56.7 Å². The Labute approximate surface area is 979 Å². The molecule has 0 aliphatic rings. The molecule has 0 atom stereocenters. The summed E-state index contributed by atoms with van der Waals surface area (Å²) in [4.78, 5) is 110. The zero-order chi connectivity index (χ0) is 101. The summed E-state index contributed by atoms with van der Waals surface area (Å²) >= 11 is 0. The van der Waals surface area contributed by atoms with Gasteiger partial charge < -0.3 is 42.6 Å². The van der Waals surface area contributed by atoms with Gasteiger partial charge in [0.1, 0.15) is 46.0 Å². The van der Waals surface area contributed by atoms with Crippen molar-refractivity contribution >= 4 is 75.3 Å². The van der Waals surface area contributed by atoms with Gasteiger partial charge in [0.25, 0.3) is 0 Å². The predicted molar refractivity (Wildman–Crippen MR) is 557 cm³/mol. The molecule has 0 fully saturated rings. The summed E-state index contributed by atoms with van der Waals surface area (Å²) in [5, 5.41) is 4.10. The molecule has 0 bridgehead atoms. The quantitative estimate of drug-likeness (QED) is 0.0453. The monoisotopic (exact) mass is 3080 g/mol. The fourth-order valence-electron chi connectivity index (χ4n) is 14.3. The summed E-state index contributed by atoms with van der Waals surface area (Å²) in [5.41, 5.74) is 20.9. The molecule has 0 saturated heterocycles. The Balaban J connectivity index is 0.000000206. The third-order valence-electron chi connectivity index (χ3n) is 22.6. The molecule has 0 amide bonds. The van der Waals surface area contributed by atoms with Crippen LogP contribution in [-0.2, 0) is 11.2 Å². The van der Waals surface area contributed by atoms with Crippen LogP contribution in [0.4, 0.5) is 0 Å². The predicted octanol–water partition coefficient (Wildman–Crippen LogP) is 28.3. The summed E-state index contributed by atoms with van der Waals surface area (Å²) in [6.45, 7) is 20.2. The van der Waals surface area contributed by atoms with Crippen molar-refractivity contribution in [2.45, 2.75) is 75.7 Å². The van der Waals surface area contributed by atoms with Gasteiger partial charge in [-0.1, -0.05) is 262 Å². The van der Waals surface area contributed by atoms with Gasteiger partial charge in [-0.05, 0) is 325 Å². The number of benzene rings is 18. The SMILES string of the molecule is Cc1ccc(C(=O)Oc2ccc(-c3ccc(C)cc3)cc2)cc1.Cc1ccc(C(=O)Oc2ccc(-c3ccc(C)cc3)cc2)cc1.Cc1ccc(C(=O)Oc2ccc(CCOC(=O)c3ccc(OC(=O)c4ccc(C)cc4)cc3)cc2)cc1.Cc1ccc(OC(=O)c2ccc(OC(=O)c3ccc(C)cc3)cc2)cc1.Cc1ccc2cc(C(=O)Oc3ccc(OC(=O)c4ccc5cc(C)ccc5c4)cc3)ccc2c1.[U].[U].[U].[U].[U]. The van der Waals surface area contributed by atoms with Crippen molar-refractivity contribution in [3.8, 4) is 68.2 Å². The van der Waals surface area contributed by atoms with Crippen LogP contribution in [0.5, 0.6) is 46.0 Å². The van der Waals surface area contributed by atoms with E-state index >= 15 is 0 Å². The minimum atomic E-state index is -0.472. The summed E-state index contributed by atoms with van der Waals surface area (Å²) in [6.07, 6.45) is 0.504. The van der Waals surface area contributed by atoms with Crippen molar-refractivity contribution in [2.24, 2.45) is 0 Å². The van der Waals surface area contributed by atoms with Crippen molar-refractivity contribution in [2.75, 3.05) is 6.61 Å². The zero-order valence-electron chi connectivity index (χ0n) is 83.0. The first-order valence-corrected chi connectivity index (χ1v) is 46.2. The van der Waals surface area contributed by atoms with Crippen LogP contribution in [0.3, 0.4) is 0 Å². The van der Waals surface area contributed by atoms with Gasteiger partial charge in [-0.2, -0.15) is 0 Å². The zero-order valence-corrected chi connectivity index (χ0v) is 104. The average molecular weight is 3080 g/mol. The number of ether oxygens (including phenoxy) is 9. The van der Waals surface area contributed by atoms with Crippen molar-refractivity contribution in [1.82, 2.24) is 0 Å². The van der Waals surface area contributed by atoms with E-state index in [0.29, 0.717) is 102 Å². The summed E-state index contributed by atoms with van der Waals surface area (Å²) in [6, 6.07) is 124. The molecule has 0 heterocycles. The molecule has 0 N–H and O–H groups in total. The van der Waals surface area contributed by atoms with Crippen LogP contribution in [0.15, 0.2) is 413 Å². The topological polar surface area (TPSA) is 237 Å². The van der Waals surface area contributed by atoms with E-state index in [0.717, 1.165) is 82.7 Å². The molecule has 148 heavy (non-hydrogen) atoms. The Hall–Kier alpha value is -13.0. The van der Waals surface area contributed by atoms with Crippen LogP contribution in [0.1, 0.15) is 154 Å². The fraction of sp³-hybridized carbons (Fsp3) is 0.0960. The summed E-state index contributed by atoms with van der Waals surface area (Å²) in [7, 11) is 0. The standard InChI is InChI=1S/C31H26O6.C30H22O4.C22H18O4.2C21H18O2.5U/c1-21-3-9-25(10-4-21)30(33)36-27-15-7-23(8-16-27)19-20-35-29(32)24-13-17-28(18-14-24)37-31(34)26-11-5-22(2)6-12-26;1-19-3-5-23-17-25(9-7-21(23)15-19)29(31)33-27-11-13-28(14-12-27)34-30(32)26-10-8-22-16-20(2)4-6-24(22)18-26;1-15-3-7-17(8-4-15)21(23)26-20-13-9-18(10-14-20)22(24)25-19-11-5-16(2)6-12-19;2*1-15-3-7-17(8-4-15)18-11-13-20(14-12-18)23-21(22)19-9-5-16(2)6-10-19;;;;;/h3-18H,19-20H2,1-2H3;3-18H,1-2H3;3-14H,1-2H3;2*3-14H,1-2H3;;;;;. The molecule has 0 aliphatic heterocycles. The number of rotatable bonds is 22. The molecule has 0 unspecified atom stereocenters. The van der Waals surface area contributed by atoms with E-state index in [2.05, 4.69) is 74.5 Å². The number of carbonyl (C=O) groups is 9. The van der Waals surface area contributed by atoms with Gasteiger partial charge in [0.15, 0.2) is 0 Å². The van der Waals surface area contributed by atoms with Crippen LogP contribution in [0.25, 0.3) is 43.8 Å². The summed E-state index contributed by atoms with van der Waals surface area (Å²) < 4.78 is 48.6. The van der Waals surface area contributed by atoms with Crippen LogP contribution in [0.2, 0.25) is 0 Å². The molecule has 0 spiro atoms. The Kier molecular flexibility index (Phi) is 47.0. The van der Waals surface area contributed by atoms with E-state index in [1.54, 1.807) is 170 Å². The summed E-state index contributed by atoms with van der Waals surface area (Å²) in [5.74, 6) is -0.382. The van der Waals surface area contributed by atoms with Crippen molar-refractivity contribution in [1.29, 1.82) is 0 Å². The second-order valence-electron chi connectivity index (χ2n) is 34.2. The van der Waals surface area contributed by atoms with E-state index in [4.69, 9.17) is 42.6 Å². The molecule has 18 nitrogen and oxygen atoms in total. The maximum atomic E-state index is 12.6. The van der Waals surface area contributed by atoms with Crippen molar-refractivity contribution in [3.05, 3.63) is 524 Å². The number of hydrogen-bond acceptors (Lipinski definition) is 18.